The molecule has 1 aromatic carbocycles. The van der Waals surface area contributed by atoms with Gasteiger partial charge in [-0.15, -0.1) is 0 Å². The van der Waals surface area contributed by atoms with Crippen molar-refractivity contribution in [1.82, 2.24) is 25.3 Å². The molecule has 3 N–H and O–H groups in total. The van der Waals surface area contributed by atoms with Crippen LogP contribution in [0.4, 0.5) is 23.4 Å². The number of fused-ring (bicyclic) bond motifs is 4. The Balaban J connectivity index is 1.35. The van der Waals surface area contributed by atoms with Crippen molar-refractivity contribution in [1.29, 1.82) is 0 Å². The second kappa shape index (κ2) is 9.89. The number of aromatic nitrogens is 4. The van der Waals surface area contributed by atoms with E-state index in [1.54, 1.807) is 12.1 Å². The number of furan rings is 1. The minimum Gasteiger partial charge on any atom is -0.508 e. The molecule has 0 spiro atoms. The zero-order valence-corrected chi connectivity index (χ0v) is 22.9. The number of nitrogens with one attached hydrogen (secondary N) is 2. The van der Waals surface area contributed by atoms with Crippen molar-refractivity contribution < 1.29 is 31.8 Å². The number of nitrogens with zero attached hydrogens (tertiary/aromatic N) is 4. The summed E-state index contributed by atoms with van der Waals surface area (Å²) < 4.78 is 69.3. The Kier molecular flexibility index (Phi) is 6.37. The number of hydrogen-bond donors (Lipinski definition) is 3. The number of pyridine rings is 1. The molecule has 42 heavy (non-hydrogen) atoms. The average molecular weight is 623 g/mol. The molecule has 2 aliphatic rings. The van der Waals surface area contributed by atoms with Crippen LogP contribution in [0.2, 0.25) is 10.2 Å². The molecule has 0 amide bonds. The smallest absolute Gasteiger partial charge is 0.418 e. The number of anilines is 1. The average Bonchev–Trinajstić information content (AvgIpc) is 3.57. The highest BCUT2D eigenvalue weighted by Gasteiger charge is 2.39. The lowest BCUT2D eigenvalue weighted by atomic mass is 10.0. The summed E-state index contributed by atoms with van der Waals surface area (Å²) in [7, 11) is 0. The number of halogens is 6. The Bertz CT molecular complexity index is 1820. The fourth-order valence-electron chi connectivity index (χ4n) is 5.72. The van der Waals surface area contributed by atoms with Gasteiger partial charge in [-0.3, -0.25) is 4.98 Å². The number of ether oxygens (including phenoxy) is 1. The van der Waals surface area contributed by atoms with Gasteiger partial charge >= 0.3 is 12.2 Å². The molecule has 0 unspecified atom stereocenters. The monoisotopic (exact) mass is 622 g/mol. The van der Waals surface area contributed by atoms with Crippen LogP contribution in [0.1, 0.15) is 24.1 Å². The molecule has 5 aromatic rings. The van der Waals surface area contributed by atoms with Crippen molar-refractivity contribution in [2.45, 2.75) is 37.7 Å². The molecule has 6 heterocycles. The Morgan fingerprint density at radius 1 is 1.10 bits per heavy atom. The number of phenols is 1. The third-order valence-electron chi connectivity index (χ3n) is 7.46. The van der Waals surface area contributed by atoms with Crippen LogP contribution < -0.4 is 15.0 Å². The minimum atomic E-state index is -4.95. The summed E-state index contributed by atoms with van der Waals surface area (Å²) in [5, 5.41) is 13.2. The van der Waals surface area contributed by atoms with Crippen LogP contribution in [0.25, 0.3) is 33.3 Å². The van der Waals surface area contributed by atoms with Gasteiger partial charge in [0.05, 0.1) is 27.2 Å². The number of hydrogen-bond acceptors (Lipinski definition) is 8. The molecule has 2 aliphatic heterocycles. The molecule has 218 valence electrons. The molecular formula is C27H20Cl2F4N6O3. The van der Waals surface area contributed by atoms with Crippen molar-refractivity contribution in [2.24, 2.45) is 0 Å². The van der Waals surface area contributed by atoms with Crippen molar-refractivity contribution in [3.05, 3.63) is 57.8 Å². The van der Waals surface area contributed by atoms with E-state index in [-0.39, 0.29) is 40.8 Å². The maximum atomic E-state index is 16.2. The number of aromatic amines is 1. The van der Waals surface area contributed by atoms with Crippen molar-refractivity contribution in [2.75, 3.05) is 18.0 Å². The molecule has 4 aromatic heterocycles. The fourth-order valence-corrected chi connectivity index (χ4v) is 6.23. The molecule has 2 fully saturated rings. The van der Waals surface area contributed by atoms with E-state index in [9.17, 15) is 18.3 Å². The fraction of sp³-hybridized carbons (Fsp3) is 0.296. The summed E-state index contributed by atoms with van der Waals surface area (Å²) in [6.07, 6.45) is -1.77. The molecule has 9 nitrogen and oxygen atoms in total. The first-order valence-electron chi connectivity index (χ1n) is 12.9. The lowest BCUT2D eigenvalue weighted by Crippen LogP contribution is -2.51. The highest BCUT2D eigenvalue weighted by molar-refractivity contribution is 6.32. The zero-order chi connectivity index (χ0) is 29.3. The van der Waals surface area contributed by atoms with Gasteiger partial charge in [0.1, 0.15) is 29.4 Å². The molecule has 0 radical (unpaired) electrons. The highest BCUT2D eigenvalue weighted by Crippen LogP contribution is 2.44. The molecule has 0 aliphatic carbocycles. The quantitative estimate of drug-likeness (QED) is 0.192. The van der Waals surface area contributed by atoms with Crippen molar-refractivity contribution in [3.63, 3.8) is 0 Å². The predicted octanol–water partition coefficient (Wildman–Crippen LogP) is 6.46. The summed E-state index contributed by atoms with van der Waals surface area (Å²) in [6.45, 7) is 1.12. The Morgan fingerprint density at radius 3 is 2.57 bits per heavy atom. The van der Waals surface area contributed by atoms with Crippen LogP contribution >= 0.6 is 23.2 Å². The van der Waals surface area contributed by atoms with Gasteiger partial charge in [-0.2, -0.15) is 23.1 Å². The van der Waals surface area contributed by atoms with Crippen LogP contribution in [-0.2, 0) is 12.8 Å². The molecule has 7 rings (SSSR count). The lowest BCUT2D eigenvalue weighted by molar-refractivity contribution is -0.137. The first kappa shape index (κ1) is 27.0. The summed E-state index contributed by atoms with van der Waals surface area (Å²) in [4.78, 5) is 18.0. The van der Waals surface area contributed by atoms with E-state index < -0.39 is 39.6 Å². The van der Waals surface area contributed by atoms with Crippen LogP contribution in [0.5, 0.6) is 11.8 Å². The van der Waals surface area contributed by atoms with E-state index in [2.05, 4.69) is 25.3 Å². The Hall–Kier alpha value is -3.81. The van der Waals surface area contributed by atoms with Gasteiger partial charge in [-0.25, -0.2) is 4.39 Å². The summed E-state index contributed by atoms with van der Waals surface area (Å²) in [5.74, 6) is -1.37. The van der Waals surface area contributed by atoms with Gasteiger partial charge in [0, 0.05) is 49.1 Å². The van der Waals surface area contributed by atoms with Crippen LogP contribution in [-0.4, -0.2) is 50.2 Å². The molecule has 2 bridgehead atoms. The van der Waals surface area contributed by atoms with Gasteiger partial charge in [0.25, 0.3) is 0 Å². The number of piperazine rings is 1. The highest BCUT2D eigenvalue weighted by atomic mass is 35.5. The van der Waals surface area contributed by atoms with Crippen LogP contribution in [0.15, 0.2) is 34.9 Å². The van der Waals surface area contributed by atoms with E-state index in [0.717, 1.165) is 25.0 Å². The number of phenolic OH excluding ortho intramolecular Hbond substituents is 1. The topological polar surface area (TPSA) is 112 Å². The lowest BCUT2D eigenvalue weighted by Gasteiger charge is -2.34. The second-order valence-corrected chi connectivity index (χ2v) is 11.1. The summed E-state index contributed by atoms with van der Waals surface area (Å²) in [5.41, 5.74) is -1.23. The second-order valence-electron chi connectivity index (χ2n) is 10.3. The minimum absolute atomic E-state index is 0.0421. The van der Waals surface area contributed by atoms with E-state index >= 15 is 4.39 Å². The van der Waals surface area contributed by atoms with Gasteiger partial charge in [0.2, 0.25) is 0 Å². The van der Waals surface area contributed by atoms with Crippen LogP contribution in [0, 0.1) is 5.82 Å². The summed E-state index contributed by atoms with van der Waals surface area (Å²) in [6, 6.07) is 5.03. The predicted molar refractivity (Wildman–Crippen MR) is 146 cm³/mol. The normalized spacial score (nSPS) is 18.9. The maximum absolute atomic E-state index is 16.2. The number of benzene rings is 1. The third kappa shape index (κ3) is 4.74. The number of H-pyrrole nitrogens is 1. The van der Waals surface area contributed by atoms with Gasteiger partial charge in [-0.1, -0.05) is 11.6 Å². The van der Waals surface area contributed by atoms with Gasteiger partial charge in [-0.05, 0) is 36.6 Å². The van der Waals surface area contributed by atoms with Crippen molar-refractivity contribution in [3.8, 4) is 23.0 Å². The molecule has 2 saturated heterocycles. The summed E-state index contributed by atoms with van der Waals surface area (Å²) >= 11 is 11.7. The van der Waals surface area contributed by atoms with Crippen molar-refractivity contribution >= 4 is 51.0 Å². The zero-order valence-electron chi connectivity index (χ0n) is 21.4. The largest absolute Gasteiger partial charge is 0.508 e. The molecular weight excluding hydrogens is 603 g/mol. The number of aromatic hydroxyl groups is 1. The van der Waals surface area contributed by atoms with E-state index in [1.807, 2.05) is 4.90 Å². The first-order valence-corrected chi connectivity index (χ1v) is 13.7. The van der Waals surface area contributed by atoms with Gasteiger partial charge < -0.3 is 29.5 Å². The van der Waals surface area contributed by atoms with Gasteiger partial charge in [0.15, 0.2) is 16.6 Å². The number of rotatable bonds is 5. The van der Waals surface area contributed by atoms with E-state index in [1.165, 1.54) is 6.20 Å². The molecule has 0 saturated carbocycles. The van der Waals surface area contributed by atoms with Crippen LogP contribution in [0.3, 0.4) is 0 Å². The number of alkyl halides is 3. The Morgan fingerprint density at radius 2 is 1.86 bits per heavy atom. The van der Waals surface area contributed by atoms with E-state index in [4.69, 9.17) is 32.4 Å². The standard InChI is InChI=1S/C27H20Cl2F4N6O3/c28-17-5-14(40)4-15(21(17)27(31,32)33)23-22(30)24-16(7-34-23)25(39-8-11-1-2-12(9-39)35-11)38-26(37-24)41-10-13-3-19-18(36-13)6-20(29)42-19/h3-7,11-12,35-36,40H,1-2,8-10H2/t11-,12+. The third-order valence-corrected chi connectivity index (χ3v) is 7.95. The molecule has 2 atom stereocenters. The first-order chi connectivity index (χ1) is 20.0. The molecule has 15 heteroatoms. The SMILES string of the molecule is Oc1cc(Cl)c(C(F)(F)F)c(-c2ncc3c(N4C[C@H]5CC[C@@H](C4)N5)nc(OCc4cc5oc(Cl)cc5[nH]4)nc3c2F)c1. The Labute approximate surface area is 244 Å². The maximum Gasteiger partial charge on any atom is 0.418 e. The van der Waals surface area contributed by atoms with E-state index in [0.29, 0.717) is 35.7 Å².